The van der Waals surface area contributed by atoms with E-state index in [9.17, 15) is 4.79 Å². The van der Waals surface area contributed by atoms with Crippen molar-refractivity contribution in [2.45, 2.75) is 18.9 Å². The topological polar surface area (TPSA) is 118 Å². The zero-order valence-corrected chi connectivity index (χ0v) is 15.1. The van der Waals surface area contributed by atoms with Crippen molar-refractivity contribution in [2.24, 2.45) is 10.7 Å². The monoisotopic (exact) mass is 376 g/mol. The van der Waals surface area contributed by atoms with E-state index in [2.05, 4.69) is 25.5 Å². The van der Waals surface area contributed by atoms with Crippen molar-refractivity contribution >= 4 is 17.6 Å². The van der Waals surface area contributed by atoms with Crippen molar-refractivity contribution in [2.75, 3.05) is 11.9 Å². The molecule has 1 aliphatic rings. The molecule has 0 saturated carbocycles. The standard InChI is InChI=1S/C20H20N6O2/c21-20-25-16(12-28-20)7-3-13-1-5-15(6-2-13)24-19(27)14-4-8-17(22-11-14)18-9-10-23-26-18/h1-2,4-6,8-11,16H,3,7,12H2,(H2,21,25)(H,23,26)(H,24,27)/t16-/m0/s1. The molecule has 1 atom stereocenters. The van der Waals surface area contributed by atoms with Gasteiger partial charge in [0.15, 0.2) is 0 Å². The van der Waals surface area contributed by atoms with Gasteiger partial charge in [0.2, 0.25) is 0 Å². The molecule has 0 bridgehead atoms. The summed E-state index contributed by atoms with van der Waals surface area (Å²) in [5, 5.41) is 9.62. The summed E-state index contributed by atoms with van der Waals surface area (Å²) in [4.78, 5) is 20.9. The highest BCUT2D eigenvalue weighted by atomic mass is 16.5. The van der Waals surface area contributed by atoms with Gasteiger partial charge < -0.3 is 15.8 Å². The number of hydrogen-bond acceptors (Lipinski definition) is 6. The number of amidine groups is 1. The molecule has 1 amide bonds. The SMILES string of the molecule is NC1=N[C@@H](CCc2ccc(NC(=O)c3ccc(-c4ccn[nH]4)nc3)cc2)CO1. The molecule has 3 aromatic rings. The number of aromatic nitrogens is 3. The van der Waals surface area contributed by atoms with Crippen LogP contribution < -0.4 is 11.1 Å². The van der Waals surface area contributed by atoms with E-state index >= 15 is 0 Å². The average molecular weight is 376 g/mol. The van der Waals surface area contributed by atoms with Crippen molar-refractivity contribution in [3.8, 4) is 11.4 Å². The van der Waals surface area contributed by atoms with Crippen LogP contribution in [-0.2, 0) is 11.2 Å². The van der Waals surface area contributed by atoms with E-state index in [0.29, 0.717) is 12.2 Å². The first kappa shape index (κ1) is 17.7. The lowest BCUT2D eigenvalue weighted by molar-refractivity contribution is 0.102. The molecule has 0 saturated heterocycles. The van der Waals surface area contributed by atoms with E-state index < -0.39 is 0 Å². The number of carbonyl (C=O) groups excluding carboxylic acids is 1. The van der Waals surface area contributed by atoms with Crippen LogP contribution in [0, 0.1) is 0 Å². The number of aryl methyl sites for hydroxylation is 1. The summed E-state index contributed by atoms with van der Waals surface area (Å²) < 4.78 is 5.16. The number of aliphatic imine (C=N–C) groups is 1. The zero-order chi connectivity index (χ0) is 19.3. The lowest BCUT2D eigenvalue weighted by atomic mass is 10.1. The molecule has 8 nitrogen and oxygen atoms in total. The van der Waals surface area contributed by atoms with Gasteiger partial charge in [-0.1, -0.05) is 12.1 Å². The van der Waals surface area contributed by atoms with Crippen molar-refractivity contribution < 1.29 is 9.53 Å². The fraction of sp³-hybridized carbons (Fsp3) is 0.200. The maximum Gasteiger partial charge on any atom is 0.282 e. The number of pyridine rings is 1. The van der Waals surface area contributed by atoms with Crippen LogP contribution in [0.4, 0.5) is 5.69 Å². The first-order valence-corrected chi connectivity index (χ1v) is 8.99. The number of hydrogen-bond donors (Lipinski definition) is 3. The number of aromatic amines is 1. The van der Waals surface area contributed by atoms with Gasteiger partial charge in [-0.25, -0.2) is 4.99 Å². The molecule has 0 unspecified atom stereocenters. The molecular formula is C20H20N6O2. The van der Waals surface area contributed by atoms with Gasteiger partial charge in [0, 0.05) is 18.1 Å². The highest BCUT2D eigenvalue weighted by Crippen LogP contribution is 2.17. The molecule has 1 aliphatic heterocycles. The van der Waals surface area contributed by atoms with Gasteiger partial charge >= 0.3 is 0 Å². The molecule has 8 heteroatoms. The van der Waals surface area contributed by atoms with Gasteiger partial charge in [-0.3, -0.25) is 14.9 Å². The van der Waals surface area contributed by atoms with Crippen molar-refractivity contribution in [1.29, 1.82) is 0 Å². The largest absolute Gasteiger partial charge is 0.463 e. The predicted molar refractivity (Wildman–Crippen MR) is 106 cm³/mol. The third-order valence-corrected chi connectivity index (χ3v) is 4.51. The number of anilines is 1. The second-order valence-corrected chi connectivity index (χ2v) is 6.52. The Hall–Kier alpha value is -3.68. The smallest absolute Gasteiger partial charge is 0.282 e. The highest BCUT2D eigenvalue weighted by molar-refractivity contribution is 6.04. The van der Waals surface area contributed by atoms with Crippen LogP contribution in [0.1, 0.15) is 22.3 Å². The minimum Gasteiger partial charge on any atom is -0.463 e. The van der Waals surface area contributed by atoms with Gasteiger partial charge in [-0.15, -0.1) is 0 Å². The molecule has 3 heterocycles. The lowest BCUT2D eigenvalue weighted by Crippen LogP contribution is -2.12. The number of ether oxygens (including phenoxy) is 1. The quantitative estimate of drug-likeness (QED) is 0.610. The number of rotatable bonds is 6. The van der Waals surface area contributed by atoms with Gasteiger partial charge in [-0.05, 0) is 48.7 Å². The fourth-order valence-electron chi connectivity index (χ4n) is 2.96. The second-order valence-electron chi connectivity index (χ2n) is 6.52. The van der Waals surface area contributed by atoms with Gasteiger partial charge in [-0.2, -0.15) is 5.10 Å². The van der Waals surface area contributed by atoms with E-state index in [1.165, 1.54) is 5.56 Å². The third-order valence-electron chi connectivity index (χ3n) is 4.51. The number of nitrogens with two attached hydrogens (primary N) is 1. The summed E-state index contributed by atoms with van der Waals surface area (Å²) in [6, 6.07) is 13.5. The Kier molecular flexibility index (Phi) is 5.01. The minimum atomic E-state index is -0.204. The first-order valence-electron chi connectivity index (χ1n) is 8.99. The lowest BCUT2D eigenvalue weighted by Gasteiger charge is -2.08. The number of nitrogens with one attached hydrogen (secondary N) is 2. The van der Waals surface area contributed by atoms with Crippen molar-refractivity contribution in [3.63, 3.8) is 0 Å². The van der Waals surface area contributed by atoms with Gasteiger partial charge in [0.25, 0.3) is 11.9 Å². The van der Waals surface area contributed by atoms with E-state index in [4.69, 9.17) is 10.5 Å². The van der Waals surface area contributed by atoms with Crippen LogP contribution in [-0.4, -0.2) is 39.8 Å². The molecule has 142 valence electrons. The summed E-state index contributed by atoms with van der Waals surface area (Å²) in [6.45, 7) is 0.549. The molecule has 28 heavy (non-hydrogen) atoms. The molecule has 0 fully saturated rings. The normalized spacial score (nSPS) is 15.7. The number of amides is 1. The van der Waals surface area contributed by atoms with Crippen LogP contribution >= 0.6 is 0 Å². The highest BCUT2D eigenvalue weighted by Gasteiger charge is 2.16. The molecule has 4 rings (SSSR count). The molecule has 2 aromatic heterocycles. The average Bonchev–Trinajstić information content (AvgIpc) is 3.39. The molecule has 0 spiro atoms. The van der Waals surface area contributed by atoms with Crippen LogP contribution in [0.15, 0.2) is 59.9 Å². The number of benzene rings is 1. The molecule has 0 aliphatic carbocycles. The Morgan fingerprint density at radius 2 is 2.07 bits per heavy atom. The maximum atomic E-state index is 12.4. The van der Waals surface area contributed by atoms with E-state index in [1.54, 1.807) is 24.5 Å². The summed E-state index contributed by atoms with van der Waals surface area (Å²) in [5.74, 6) is -0.204. The molecule has 1 aromatic carbocycles. The van der Waals surface area contributed by atoms with Crippen LogP contribution in [0.25, 0.3) is 11.4 Å². The van der Waals surface area contributed by atoms with Crippen molar-refractivity contribution in [3.05, 3.63) is 66.0 Å². The first-order chi connectivity index (χ1) is 13.7. The second kappa shape index (κ2) is 7.91. The summed E-state index contributed by atoms with van der Waals surface area (Å²) in [7, 11) is 0. The zero-order valence-electron chi connectivity index (χ0n) is 15.1. The Bertz CT molecular complexity index is 965. The maximum absolute atomic E-state index is 12.4. The van der Waals surface area contributed by atoms with Crippen LogP contribution in [0.3, 0.4) is 0 Å². The number of H-pyrrole nitrogens is 1. The van der Waals surface area contributed by atoms with Crippen molar-refractivity contribution in [1.82, 2.24) is 15.2 Å². The van der Waals surface area contributed by atoms with Gasteiger partial charge in [0.1, 0.15) is 6.61 Å². The number of carbonyl (C=O) groups is 1. The van der Waals surface area contributed by atoms with Crippen LogP contribution in [0.5, 0.6) is 0 Å². The Morgan fingerprint density at radius 1 is 1.21 bits per heavy atom. The Balaban J connectivity index is 1.33. The number of nitrogens with zero attached hydrogens (tertiary/aromatic N) is 3. The fourth-order valence-corrected chi connectivity index (χ4v) is 2.96. The Labute approximate surface area is 161 Å². The molecular weight excluding hydrogens is 356 g/mol. The third kappa shape index (κ3) is 4.17. The summed E-state index contributed by atoms with van der Waals surface area (Å²) >= 11 is 0. The summed E-state index contributed by atoms with van der Waals surface area (Å²) in [6.07, 6.45) is 4.96. The van der Waals surface area contributed by atoms with E-state index in [0.717, 1.165) is 29.9 Å². The van der Waals surface area contributed by atoms with E-state index in [-0.39, 0.29) is 18.0 Å². The minimum absolute atomic E-state index is 0.122. The predicted octanol–water partition coefficient (Wildman–Crippen LogP) is 2.37. The van der Waals surface area contributed by atoms with Crippen LogP contribution in [0.2, 0.25) is 0 Å². The Morgan fingerprint density at radius 3 is 2.71 bits per heavy atom. The van der Waals surface area contributed by atoms with E-state index in [1.807, 2.05) is 30.3 Å². The summed E-state index contributed by atoms with van der Waals surface area (Å²) in [5.41, 5.74) is 9.45. The molecule has 0 radical (unpaired) electrons. The van der Waals surface area contributed by atoms with Gasteiger partial charge in [0.05, 0.1) is 23.0 Å². The molecule has 4 N–H and O–H groups in total.